The van der Waals surface area contributed by atoms with E-state index in [4.69, 9.17) is 20.4 Å². The number of likely N-dealkylation sites (N-methyl/N-ethyl adjacent to an activating group) is 2. The molecule has 0 bridgehead atoms. The molecule has 9 nitrogen and oxygen atoms in total. The van der Waals surface area contributed by atoms with Gasteiger partial charge in [0.25, 0.3) is 0 Å². The fourth-order valence-corrected chi connectivity index (χ4v) is 4.88. The van der Waals surface area contributed by atoms with Crippen LogP contribution in [0.2, 0.25) is 0 Å². The van der Waals surface area contributed by atoms with Gasteiger partial charge < -0.3 is 30.5 Å². The second kappa shape index (κ2) is 9.70. The van der Waals surface area contributed by atoms with E-state index in [2.05, 4.69) is 65.1 Å². The number of benzene rings is 1. The van der Waals surface area contributed by atoms with Gasteiger partial charge in [0.05, 0.1) is 35.6 Å². The second-order valence-electron chi connectivity index (χ2n) is 11.0. The van der Waals surface area contributed by atoms with Crippen molar-refractivity contribution in [2.45, 2.75) is 38.0 Å². The summed E-state index contributed by atoms with van der Waals surface area (Å²) >= 11 is 0. The number of anilines is 6. The van der Waals surface area contributed by atoms with Crippen LogP contribution in [0.15, 0.2) is 36.5 Å². The zero-order valence-electron chi connectivity index (χ0n) is 22.7. The van der Waals surface area contributed by atoms with E-state index in [1.807, 2.05) is 25.2 Å². The van der Waals surface area contributed by atoms with E-state index in [9.17, 15) is 0 Å². The van der Waals surface area contributed by atoms with E-state index in [-0.39, 0.29) is 5.41 Å². The van der Waals surface area contributed by atoms with Crippen molar-refractivity contribution in [2.24, 2.45) is 0 Å². The molecule has 1 aliphatic carbocycles. The van der Waals surface area contributed by atoms with Crippen LogP contribution < -0.4 is 25.6 Å². The van der Waals surface area contributed by atoms with Gasteiger partial charge in [0, 0.05) is 56.0 Å². The van der Waals surface area contributed by atoms with Gasteiger partial charge in [-0.25, -0.2) is 4.98 Å². The minimum atomic E-state index is -0.0646. The van der Waals surface area contributed by atoms with Crippen LogP contribution in [0.3, 0.4) is 0 Å². The molecule has 2 aromatic heterocycles. The Labute approximate surface area is 219 Å². The highest BCUT2D eigenvalue weighted by Crippen LogP contribution is 2.46. The molecule has 9 heteroatoms. The van der Waals surface area contributed by atoms with Crippen LogP contribution in [0.1, 0.15) is 44.0 Å². The molecule has 2 aliphatic rings. The van der Waals surface area contributed by atoms with E-state index in [1.54, 1.807) is 13.3 Å². The monoisotopic (exact) mass is 502 g/mol. The Morgan fingerprint density at radius 1 is 1.11 bits per heavy atom. The topological polar surface area (TPSA) is 95.7 Å². The number of pyridine rings is 1. The lowest BCUT2D eigenvalue weighted by Crippen LogP contribution is -2.29. The van der Waals surface area contributed by atoms with Crippen molar-refractivity contribution in [3.8, 4) is 5.75 Å². The van der Waals surface area contributed by atoms with Gasteiger partial charge >= 0.3 is 0 Å². The molecule has 1 saturated carbocycles. The molecule has 196 valence electrons. The standard InChI is InChI=1S/C28H38N8O/c1-28(2)17-36(22-10-9-20(18-7-8-18)31-26(22)28)25-11-12-30-27(33-25)32-21-15-19(29)23(16-24(21)37-6)35(5)14-13-34(3)4/h9-12,15-16,18H,7-8,13-14,17,29H2,1-6H3,(H,30,32,33). The number of nitrogens with one attached hydrogen (secondary N) is 1. The van der Waals surface area contributed by atoms with Gasteiger partial charge in [-0.3, -0.25) is 4.98 Å². The molecule has 0 amide bonds. The summed E-state index contributed by atoms with van der Waals surface area (Å²) in [5, 5.41) is 3.33. The lowest BCUT2D eigenvalue weighted by atomic mass is 9.91. The number of nitrogens with zero attached hydrogens (tertiary/aromatic N) is 6. The summed E-state index contributed by atoms with van der Waals surface area (Å²) in [7, 11) is 7.81. The normalized spacial score (nSPS) is 16.1. The minimum Gasteiger partial charge on any atom is -0.494 e. The molecular weight excluding hydrogens is 464 g/mol. The summed E-state index contributed by atoms with van der Waals surface area (Å²) in [6.07, 6.45) is 4.28. The van der Waals surface area contributed by atoms with Crippen molar-refractivity contribution < 1.29 is 4.74 Å². The van der Waals surface area contributed by atoms with Gasteiger partial charge in [-0.05, 0) is 51.2 Å². The Morgan fingerprint density at radius 3 is 2.59 bits per heavy atom. The summed E-state index contributed by atoms with van der Waals surface area (Å²) in [4.78, 5) is 20.9. The molecule has 0 unspecified atom stereocenters. The number of hydrogen-bond donors (Lipinski definition) is 2. The Balaban J connectivity index is 1.40. The number of aromatic nitrogens is 3. The van der Waals surface area contributed by atoms with E-state index in [0.717, 1.165) is 48.2 Å². The number of nitrogens with two attached hydrogens (primary N) is 1. The third-order valence-electron chi connectivity index (χ3n) is 7.18. The van der Waals surface area contributed by atoms with Crippen molar-refractivity contribution >= 4 is 34.5 Å². The van der Waals surface area contributed by atoms with Gasteiger partial charge in [-0.15, -0.1) is 0 Å². The quantitative estimate of drug-likeness (QED) is 0.410. The Morgan fingerprint density at radius 2 is 1.89 bits per heavy atom. The molecule has 3 aromatic rings. The van der Waals surface area contributed by atoms with Gasteiger partial charge in [0.1, 0.15) is 11.6 Å². The molecular formula is C28H38N8O. The first-order chi connectivity index (χ1) is 17.7. The Bertz CT molecular complexity index is 1290. The maximum Gasteiger partial charge on any atom is 0.229 e. The third kappa shape index (κ3) is 5.13. The van der Waals surface area contributed by atoms with Gasteiger partial charge in [0.2, 0.25) is 5.95 Å². The third-order valence-corrected chi connectivity index (χ3v) is 7.18. The first-order valence-corrected chi connectivity index (χ1v) is 12.9. The summed E-state index contributed by atoms with van der Waals surface area (Å²) in [6, 6.07) is 10.2. The average Bonchev–Trinajstić information content (AvgIpc) is 3.68. The molecule has 37 heavy (non-hydrogen) atoms. The molecule has 1 aliphatic heterocycles. The average molecular weight is 503 g/mol. The highest BCUT2D eigenvalue weighted by molar-refractivity contribution is 5.79. The molecule has 0 saturated heterocycles. The highest BCUT2D eigenvalue weighted by Gasteiger charge is 2.39. The van der Waals surface area contributed by atoms with Crippen LogP contribution in [-0.4, -0.2) is 67.7 Å². The van der Waals surface area contributed by atoms with Crippen molar-refractivity contribution in [3.63, 3.8) is 0 Å². The largest absolute Gasteiger partial charge is 0.494 e. The lowest BCUT2D eigenvalue weighted by Gasteiger charge is -2.24. The first kappa shape index (κ1) is 25.1. The van der Waals surface area contributed by atoms with Gasteiger partial charge in [0.15, 0.2) is 0 Å². The van der Waals surface area contributed by atoms with E-state index in [0.29, 0.717) is 23.3 Å². The first-order valence-electron chi connectivity index (χ1n) is 12.9. The van der Waals surface area contributed by atoms with Crippen LogP contribution in [0.4, 0.5) is 34.5 Å². The molecule has 1 fully saturated rings. The lowest BCUT2D eigenvalue weighted by molar-refractivity contribution is 0.413. The summed E-state index contributed by atoms with van der Waals surface area (Å²) in [5.41, 5.74) is 12.2. The summed E-state index contributed by atoms with van der Waals surface area (Å²) in [5.74, 6) is 2.63. The zero-order chi connectivity index (χ0) is 26.3. The number of methoxy groups -OCH3 is 1. The van der Waals surface area contributed by atoms with Crippen LogP contribution in [0.5, 0.6) is 5.75 Å². The smallest absolute Gasteiger partial charge is 0.229 e. The van der Waals surface area contributed by atoms with E-state index < -0.39 is 0 Å². The number of ether oxygens (including phenoxy) is 1. The highest BCUT2D eigenvalue weighted by atomic mass is 16.5. The number of nitrogen functional groups attached to an aromatic ring is 1. The van der Waals surface area contributed by atoms with E-state index >= 15 is 0 Å². The molecule has 3 heterocycles. The predicted octanol–water partition coefficient (Wildman–Crippen LogP) is 4.51. The van der Waals surface area contributed by atoms with Crippen molar-refractivity contribution in [1.82, 2.24) is 19.9 Å². The molecule has 0 spiro atoms. The molecule has 5 rings (SSSR count). The predicted molar refractivity (Wildman–Crippen MR) is 151 cm³/mol. The fourth-order valence-electron chi connectivity index (χ4n) is 4.88. The van der Waals surface area contributed by atoms with Crippen LogP contribution in [0.25, 0.3) is 0 Å². The van der Waals surface area contributed by atoms with Gasteiger partial charge in [-0.2, -0.15) is 4.98 Å². The van der Waals surface area contributed by atoms with Crippen LogP contribution in [-0.2, 0) is 5.41 Å². The minimum absolute atomic E-state index is 0.0646. The number of hydrogen-bond acceptors (Lipinski definition) is 9. The maximum absolute atomic E-state index is 6.45. The summed E-state index contributed by atoms with van der Waals surface area (Å²) in [6.45, 7) is 7.08. The van der Waals surface area contributed by atoms with Crippen LogP contribution >= 0.6 is 0 Å². The SMILES string of the molecule is COc1cc(N(C)CCN(C)C)c(N)cc1Nc1nccc(N2CC(C)(C)c3nc(C4CC4)ccc32)n1. The molecule has 0 atom stereocenters. The summed E-state index contributed by atoms with van der Waals surface area (Å²) < 4.78 is 5.70. The van der Waals surface area contributed by atoms with Gasteiger partial charge in [-0.1, -0.05) is 13.8 Å². The number of fused-ring (bicyclic) bond motifs is 1. The molecule has 1 aromatic carbocycles. The second-order valence-corrected chi connectivity index (χ2v) is 11.0. The molecule has 3 N–H and O–H groups in total. The van der Waals surface area contributed by atoms with Crippen molar-refractivity contribution in [3.05, 3.63) is 47.9 Å². The zero-order valence-corrected chi connectivity index (χ0v) is 22.7. The van der Waals surface area contributed by atoms with Crippen molar-refractivity contribution in [1.29, 1.82) is 0 Å². The molecule has 0 radical (unpaired) electrons. The fraction of sp³-hybridized carbons (Fsp3) is 0.464. The van der Waals surface area contributed by atoms with E-state index in [1.165, 1.54) is 18.5 Å². The maximum atomic E-state index is 6.45. The Kier molecular flexibility index (Phi) is 6.58. The van der Waals surface area contributed by atoms with Crippen LogP contribution in [0, 0.1) is 0 Å². The Hall–Kier alpha value is -3.59. The van der Waals surface area contributed by atoms with Crippen molar-refractivity contribution in [2.75, 3.05) is 68.7 Å². The number of rotatable bonds is 9.